The quantitative estimate of drug-likeness (QED) is 0.641. The first-order valence-corrected chi connectivity index (χ1v) is 7.83. The molecule has 0 spiro atoms. The Morgan fingerprint density at radius 1 is 1.05 bits per heavy atom. The third-order valence-corrected chi connectivity index (χ3v) is 3.67. The van der Waals surface area contributed by atoms with Gasteiger partial charge in [-0.3, -0.25) is 0 Å². The predicted octanol–water partition coefficient (Wildman–Crippen LogP) is 4.37. The minimum atomic E-state index is 0.648. The number of nitrogens with zero attached hydrogens (tertiary/aromatic N) is 1. The third-order valence-electron chi connectivity index (χ3n) is 3.32. The number of aryl methyl sites for hydroxylation is 1. The Morgan fingerprint density at radius 2 is 1.91 bits per heavy atom. The standard InChI is InChI=1S/C18H22ClNO2/c1-21-14-15-22-13-5-12-20-11-4-7-17(20)10-9-16-6-2-3-8-18(16)19/h2-4,6-11H,5,12-15H2,1H3/b10-9+. The van der Waals surface area contributed by atoms with Gasteiger partial charge in [-0.2, -0.15) is 0 Å². The molecule has 1 aromatic carbocycles. The van der Waals surface area contributed by atoms with Crippen molar-refractivity contribution in [1.29, 1.82) is 0 Å². The Bertz CT molecular complexity index is 592. The van der Waals surface area contributed by atoms with E-state index < -0.39 is 0 Å². The van der Waals surface area contributed by atoms with Crippen LogP contribution in [0.1, 0.15) is 17.7 Å². The Labute approximate surface area is 137 Å². The average Bonchev–Trinajstić information content (AvgIpc) is 2.97. The van der Waals surface area contributed by atoms with Gasteiger partial charge in [0, 0.05) is 37.2 Å². The summed E-state index contributed by atoms with van der Waals surface area (Å²) in [6.45, 7) is 2.98. The Balaban J connectivity index is 1.86. The van der Waals surface area contributed by atoms with Crippen LogP contribution in [0, 0.1) is 0 Å². The summed E-state index contributed by atoms with van der Waals surface area (Å²) in [6, 6.07) is 12.0. The van der Waals surface area contributed by atoms with Crippen LogP contribution in [-0.4, -0.2) is 31.5 Å². The first-order valence-electron chi connectivity index (χ1n) is 7.45. The molecule has 0 unspecified atom stereocenters. The third kappa shape index (κ3) is 5.34. The van der Waals surface area contributed by atoms with Crippen LogP contribution in [0.2, 0.25) is 5.02 Å². The number of rotatable bonds is 9. The van der Waals surface area contributed by atoms with E-state index in [2.05, 4.69) is 29.0 Å². The van der Waals surface area contributed by atoms with Gasteiger partial charge in [-0.25, -0.2) is 0 Å². The van der Waals surface area contributed by atoms with E-state index in [9.17, 15) is 0 Å². The van der Waals surface area contributed by atoms with Crippen LogP contribution in [0.4, 0.5) is 0 Å². The zero-order valence-electron chi connectivity index (χ0n) is 12.9. The smallest absolute Gasteiger partial charge is 0.0700 e. The van der Waals surface area contributed by atoms with Crippen LogP contribution in [0.25, 0.3) is 12.2 Å². The topological polar surface area (TPSA) is 23.4 Å². The van der Waals surface area contributed by atoms with Gasteiger partial charge in [0.05, 0.1) is 13.2 Å². The van der Waals surface area contributed by atoms with Crippen molar-refractivity contribution in [2.45, 2.75) is 13.0 Å². The second kappa shape index (κ2) is 9.46. The van der Waals surface area contributed by atoms with Gasteiger partial charge in [0.1, 0.15) is 0 Å². The van der Waals surface area contributed by atoms with E-state index in [1.54, 1.807) is 7.11 Å². The number of methoxy groups -OCH3 is 1. The molecule has 0 aliphatic rings. The van der Waals surface area contributed by atoms with Crippen LogP contribution < -0.4 is 0 Å². The predicted molar refractivity (Wildman–Crippen MR) is 92.1 cm³/mol. The number of halogens is 1. The minimum absolute atomic E-state index is 0.648. The molecule has 0 aliphatic carbocycles. The summed E-state index contributed by atoms with van der Waals surface area (Å²) in [4.78, 5) is 0. The molecule has 0 saturated carbocycles. The van der Waals surface area contributed by atoms with Crippen molar-refractivity contribution in [2.75, 3.05) is 26.9 Å². The summed E-state index contributed by atoms with van der Waals surface area (Å²) < 4.78 is 12.6. The summed E-state index contributed by atoms with van der Waals surface area (Å²) in [5.74, 6) is 0. The van der Waals surface area contributed by atoms with E-state index >= 15 is 0 Å². The Hall–Kier alpha value is -1.55. The molecule has 2 rings (SSSR count). The largest absolute Gasteiger partial charge is 0.382 e. The molecule has 0 saturated heterocycles. The monoisotopic (exact) mass is 319 g/mol. The lowest BCUT2D eigenvalue weighted by atomic mass is 10.2. The van der Waals surface area contributed by atoms with Crippen LogP contribution in [-0.2, 0) is 16.0 Å². The van der Waals surface area contributed by atoms with Gasteiger partial charge in [-0.1, -0.05) is 35.9 Å². The maximum absolute atomic E-state index is 6.16. The van der Waals surface area contributed by atoms with Crippen molar-refractivity contribution in [1.82, 2.24) is 4.57 Å². The highest BCUT2D eigenvalue weighted by atomic mass is 35.5. The zero-order chi connectivity index (χ0) is 15.6. The fourth-order valence-electron chi connectivity index (χ4n) is 2.15. The van der Waals surface area contributed by atoms with Crippen LogP contribution >= 0.6 is 11.6 Å². The Morgan fingerprint density at radius 3 is 2.73 bits per heavy atom. The van der Waals surface area contributed by atoms with E-state index in [4.69, 9.17) is 21.1 Å². The molecule has 0 fully saturated rings. The number of aromatic nitrogens is 1. The van der Waals surface area contributed by atoms with Crippen LogP contribution in [0.15, 0.2) is 42.6 Å². The highest BCUT2D eigenvalue weighted by molar-refractivity contribution is 6.32. The molecule has 1 aromatic heterocycles. The van der Waals surface area contributed by atoms with Gasteiger partial charge >= 0.3 is 0 Å². The number of hydrogen-bond acceptors (Lipinski definition) is 2. The molecular weight excluding hydrogens is 298 g/mol. The lowest BCUT2D eigenvalue weighted by Gasteiger charge is -2.07. The van der Waals surface area contributed by atoms with Crippen molar-refractivity contribution in [3.63, 3.8) is 0 Å². The molecule has 0 bridgehead atoms. The lowest BCUT2D eigenvalue weighted by Crippen LogP contribution is -2.06. The van der Waals surface area contributed by atoms with Gasteiger partial charge in [-0.05, 0) is 36.3 Å². The fourth-order valence-corrected chi connectivity index (χ4v) is 2.35. The number of benzene rings is 1. The highest BCUT2D eigenvalue weighted by Crippen LogP contribution is 2.18. The second-order valence-corrected chi connectivity index (χ2v) is 5.35. The summed E-state index contributed by atoms with van der Waals surface area (Å²) in [7, 11) is 1.68. The first-order chi connectivity index (χ1) is 10.8. The maximum atomic E-state index is 6.16. The number of hydrogen-bond donors (Lipinski definition) is 0. The maximum Gasteiger partial charge on any atom is 0.0700 e. The minimum Gasteiger partial charge on any atom is -0.382 e. The molecule has 0 aliphatic heterocycles. The van der Waals surface area contributed by atoms with Gasteiger partial charge in [0.25, 0.3) is 0 Å². The van der Waals surface area contributed by atoms with Gasteiger partial charge < -0.3 is 14.0 Å². The fraction of sp³-hybridized carbons (Fsp3) is 0.333. The van der Waals surface area contributed by atoms with Crippen molar-refractivity contribution >= 4 is 23.8 Å². The molecule has 0 atom stereocenters. The first kappa shape index (κ1) is 16.8. The highest BCUT2D eigenvalue weighted by Gasteiger charge is 1.99. The van der Waals surface area contributed by atoms with Gasteiger partial charge in [0.15, 0.2) is 0 Å². The van der Waals surface area contributed by atoms with Crippen molar-refractivity contribution in [2.24, 2.45) is 0 Å². The molecule has 1 heterocycles. The molecule has 3 nitrogen and oxygen atoms in total. The van der Waals surface area contributed by atoms with E-state index in [1.165, 1.54) is 0 Å². The van der Waals surface area contributed by atoms with E-state index in [-0.39, 0.29) is 0 Å². The Kier molecular flexibility index (Phi) is 7.23. The molecule has 0 N–H and O–H groups in total. The SMILES string of the molecule is COCCOCCCn1cccc1/C=C/c1ccccc1Cl. The van der Waals surface area contributed by atoms with E-state index in [1.807, 2.05) is 30.3 Å². The van der Waals surface area contributed by atoms with Crippen molar-refractivity contribution in [3.05, 3.63) is 58.9 Å². The van der Waals surface area contributed by atoms with Gasteiger partial charge in [-0.15, -0.1) is 0 Å². The average molecular weight is 320 g/mol. The molecule has 22 heavy (non-hydrogen) atoms. The van der Waals surface area contributed by atoms with Crippen LogP contribution in [0.3, 0.4) is 0 Å². The molecule has 0 radical (unpaired) electrons. The summed E-state index contributed by atoms with van der Waals surface area (Å²) in [6.07, 6.45) is 7.20. The van der Waals surface area contributed by atoms with E-state index in [0.717, 1.165) is 35.9 Å². The van der Waals surface area contributed by atoms with Crippen molar-refractivity contribution < 1.29 is 9.47 Å². The molecule has 0 amide bonds. The molecule has 4 heteroatoms. The van der Waals surface area contributed by atoms with E-state index in [0.29, 0.717) is 13.2 Å². The normalized spacial score (nSPS) is 11.4. The second-order valence-electron chi connectivity index (χ2n) is 4.94. The number of ether oxygens (including phenoxy) is 2. The summed E-state index contributed by atoms with van der Waals surface area (Å²) in [5, 5.41) is 0.767. The molecule has 2 aromatic rings. The van der Waals surface area contributed by atoms with Crippen molar-refractivity contribution in [3.8, 4) is 0 Å². The van der Waals surface area contributed by atoms with Gasteiger partial charge in [0.2, 0.25) is 0 Å². The van der Waals surface area contributed by atoms with Crippen LogP contribution in [0.5, 0.6) is 0 Å². The lowest BCUT2D eigenvalue weighted by molar-refractivity contribution is 0.0680. The summed E-state index contributed by atoms with van der Waals surface area (Å²) in [5.41, 5.74) is 2.19. The zero-order valence-corrected chi connectivity index (χ0v) is 13.6. The summed E-state index contributed by atoms with van der Waals surface area (Å²) >= 11 is 6.16. The molecular formula is C18H22ClNO2. The molecule has 118 valence electrons.